The largest absolute Gasteiger partial charge is 0.288 e. The molecular formula is C19H16N2O3. The highest BCUT2D eigenvalue weighted by Crippen LogP contribution is 2.19. The average molecular weight is 320 g/mol. The fourth-order valence-electron chi connectivity index (χ4n) is 2.21. The third-order valence-electron chi connectivity index (χ3n) is 3.60. The molecule has 2 aromatic carbocycles. The van der Waals surface area contributed by atoms with Crippen molar-refractivity contribution in [1.82, 2.24) is 0 Å². The van der Waals surface area contributed by atoms with Crippen LogP contribution in [0.4, 0.5) is 5.69 Å². The van der Waals surface area contributed by atoms with Gasteiger partial charge in [0.05, 0.1) is 4.92 Å². The van der Waals surface area contributed by atoms with E-state index in [2.05, 4.69) is 13.8 Å². The molecule has 0 aromatic heterocycles. The zero-order chi connectivity index (χ0) is 17.7. The Hall–Kier alpha value is -3.26. The quantitative estimate of drug-likeness (QED) is 0.267. The highest BCUT2D eigenvalue weighted by Gasteiger charge is 2.15. The van der Waals surface area contributed by atoms with Crippen molar-refractivity contribution in [3.63, 3.8) is 0 Å². The molecule has 0 aliphatic carbocycles. The van der Waals surface area contributed by atoms with Crippen molar-refractivity contribution in [2.75, 3.05) is 0 Å². The number of carbonyl (C=O) groups excluding carboxylic acids is 1. The van der Waals surface area contributed by atoms with Crippen LogP contribution in [-0.2, 0) is 0 Å². The highest BCUT2D eigenvalue weighted by molar-refractivity contribution is 6.14. The normalized spacial score (nSPS) is 11.2. The summed E-state index contributed by atoms with van der Waals surface area (Å²) in [6.07, 6.45) is 1.49. The van der Waals surface area contributed by atoms with Crippen LogP contribution in [0.1, 0.15) is 41.3 Å². The molecule has 0 saturated heterocycles. The molecule has 24 heavy (non-hydrogen) atoms. The van der Waals surface area contributed by atoms with E-state index < -0.39 is 10.7 Å². The van der Waals surface area contributed by atoms with Gasteiger partial charge in [-0.15, -0.1) is 0 Å². The van der Waals surface area contributed by atoms with Crippen molar-refractivity contribution in [2.24, 2.45) is 0 Å². The third kappa shape index (κ3) is 3.93. The number of rotatable bonds is 5. The summed E-state index contributed by atoms with van der Waals surface area (Å²) in [6.45, 7) is 4.16. The number of nitro groups is 1. The van der Waals surface area contributed by atoms with Gasteiger partial charge in [0, 0.05) is 17.7 Å². The molecule has 2 rings (SSSR count). The maximum atomic E-state index is 12.4. The summed E-state index contributed by atoms with van der Waals surface area (Å²) in [5.41, 5.74) is 1.77. The summed E-state index contributed by atoms with van der Waals surface area (Å²) in [7, 11) is 0. The number of nitrogens with zero attached hydrogens (tertiary/aromatic N) is 2. The zero-order valence-electron chi connectivity index (χ0n) is 13.4. The van der Waals surface area contributed by atoms with Crippen LogP contribution in [0, 0.1) is 21.4 Å². The predicted molar refractivity (Wildman–Crippen MR) is 91.5 cm³/mol. The number of non-ortho nitro benzene ring substituents is 1. The summed E-state index contributed by atoms with van der Waals surface area (Å²) in [6, 6.07) is 14.8. The first-order chi connectivity index (χ1) is 11.4. The molecule has 0 N–H and O–H groups in total. The molecule has 0 spiro atoms. The first kappa shape index (κ1) is 17.1. The van der Waals surface area contributed by atoms with Gasteiger partial charge in [-0.2, -0.15) is 5.26 Å². The van der Waals surface area contributed by atoms with Crippen LogP contribution < -0.4 is 0 Å². The minimum Gasteiger partial charge on any atom is -0.288 e. The van der Waals surface area contributed by atoms with Crippen LogP contribution in [-0.4, -0.2) is 10.7 Å². The molecule has 0 heterocycles. The van der Waals surface area contributed by atoms with Gasteiger partial charge in [-0.05, 0) is 23.1 Å². The van der Waals surface area contributed by atoms with Crippen LogP contribution in [0.5, 0.6) is 0 Å². The molecule has 0 saturated carbocycles. The molecule has 0 aliphatic rings. The molecule has 0 atom stereocenters. The molecular weight excluding hydrogens is 304 g/mol. The average Bonchev–Trinajstić information content (AvgIpc) is 2.59. The number of allylic oxidation sites excluding steroid dienone is 1. The lowest BCUT2D eigenvalue weighted by molar-refractivity contribution is -0.384. The Morgan fingerprint density at radius 2 is 1.88 bits per heavy atom. The standard InChI is InChI=1S/C19H16N2O3/c1-13(2)15-8-6-14(7-9-15)10-17(12-20)19(22)16-4-3-5-18(11-16)21(23)24/h3-11,13H,1-2H3/b17-10+. The van der Waals surface area contributed by atoms with Crippen LogP contribution in [0.3, 0.4) is 0 Å². The number of Topliss-reactive ketones (excluding diaryl/α,β-unsaturated/α-hetero) is 1. The van der Waals surface area contributed by atoms with Gasteiger partial charge in [0.1, 0.15) is 11.6 Å². The van der Waals surface area contributed by atoms with E-state index in [-0.39, 0.29) is 16.8 Å². The Bertz CT molecular complexity index is 844. The van der Waals surface area contributed by atoms with Crippen LogP contribution in [0.25, 0.3) is 6.08 Å². The van der Waals surface area contributed by atoms with Gasteiger partial charge in [0.25, 0.3) is 5.69 Å². The second-order valence-corrected chi connectivity index (χ2v) is 5.63. The van der Waals surface area contributed by atoms with E-state index in [0.717, 1.165) is 11.1 Å². The number of hydrogen-bond acceptors (Lipinski definition) is 4. The first-order valence-corrected chi connectivity index (χ1v) is 7.43. The van der Waals surface area contributed by atoms with Crippen molar-refractivity contribution >= 4 is 17.5 Å². The van der Waals surface area contributed by atoms with Gasteiger partial charge in [-0.1, -0.05) is 50.2 Å². The summed E-state index contributed by atoms with van der Waals surface area (Å²) in [5.74, 6) is -0.140. The lowest BCUT2D eigenvalue weighted by Crippen LogP contribution is -2.02. The number of ketones is 1. The third-order valence-corrected chi connectivity index (χ3v) is 3.60. The van der Waals surface area contributed by atoms with Gasteiger partial charge >= 0.3 is 0 Å². The van der Waals surface area contributed by atoms with Gasteiger partial charge < -0.3 is 0 Å². The Balaban J connectivity index is 2.33. The Morgan fingerprint density at radius 1 is 1.21 bits per heavy atom. The topological polar surface area (TPSA) is 84.0 Å². The molecule has 0 aliphatic heterocycles. The van der Waals surface area contributed by atoms with Crippen LogP contribution in [0.2, 0.25) is 0 Å². The van der Waals surface area contributed by atoms with Crippen molar-refractivity contribution in [1.29, 1.82) is 5.26 Å². The maximum Gasteiger partial charge on any atom is 0.270 e. The Kier molecular flexibility index (Phi) is 5.23. The molecule has 0 fully saturated rings. The molecule has 0 unspecified atom stereocenters. The van der Waals surface area contributed by atoms with Gasteiger partial charge in [-0.25, -0.2) is 0 Å². The van der Waals surface area contributed by atoms with E-state index in [1.807, 2.05) is 30.3 Å². The SMILES string of the molecule is CC(C)c1ccc(/C=C(\C#N)C(=O)c2cccc([N+](=O)[O-])c2)cc1. The number of hydrogen-bond donors (Lipinski definition) is 0. The molecule has 0 radical (unpaired) electrons. The monoisotopic (exact) mass is 320 g/mol. The zero-order valence-corrected chi connectivity index (χ0v) is 13.4. The fraction of sp³-hybridized carbons (Fsp3) is 0.158. The second-order valence-electron chi connectivity index (χ2n) is 5.63. The van der Waals surface area contributed by atoms with Gasteiger partial charge in [-0.3, -0.25) is 14.9 Å². The number of carbonyl (C=O) groups is 1. The van der Waals surface area contributed by atoms with E-state index in [0.29, 0.717) is 5.92 Å². The van der Waals surface area contributed by atoms with E-state index in [9.17, 15) is 20.2 Å². The van der Waals surface area contributed by atoms with Gasteiger partial charge in [0.15, 0.2) is 0 Å². The van der Waals surface area contributed by atoms with Crippen molar-refractivity contribution in [3.05, 3.63) is 80.9 Å². The lowest BCUT2D eigenvalue weighted by Gasteiger charge is -2.05. The van der Waals surface area contributed by atoms with E-state index in [4.69, 9.17) is 0 Å². The van der Waals surface area contributed by atoms with Crippen molar-refractivity contribution in [2.45, 2.75) is 19.8 Å². The van der Waals surface area contributed by atoms with Crippen LogP contribution in [0.15, 0.2) is 54.1 Å². The highest BCUT2D eigenvalue weighted by atomic mass is 16.6. The van der Waals surface area contributed by atoms with E-state index in [1.54, 1.807) is 0 Å². The Morgan fingerprint density at radius 3 is 2.42 bits per heavy atom. The maximum absolute atomic E-state index is 12.4. The minimum absolute atomic E-state index is 0.0622. The number of nitriles is 1. The smallest absolute Gasteiger partial charge is 0.270 e. The first-order valence-electron chi connectivity index (χ1n) is 7.43. The van der Waals surface area contributed by atoms with E-state index in [1.165, 1.54) is 30.3 Å². The summed E-state index contributed by atoms with van der Waals surface area (Å²) in [4.78, 5) is 22.7. The Labute approximate surface area is 140 Å². The van der Waals surface area contributed by atoms with Crippen molar-refractivity contribution < 1.29 is 9.72 Å². The fourth-order valence-corrected chi connectivity index (χ4v) is 2.21. The van der Waals surface area contributed by atoms with Crippen molar-refractivity contribution in [3.8, 4) is 6.07 Å². The molecule has 5 nitrogen and oxygen atoms in total. The second kappa shape index (κ2) is 7.34. The summed E-state index contributed by atoms with van der Waals surface area (Å²) < 4.78 is 0. The molecule has 5 heteroatoms. The van der Waals surface area contributed by atoms with Crippen LogP contribution >= 0.6 is 0 Å². The number of nitro benzene ring substituents is 1. The molecule has 2 aromatic rings. The summed E-state index contributed by atoms with van der Waals surface area (Å²) >= 11 is 0. The summed E-state index contributed by atoms with van der Waals surface area (Å²) in [5, 5.41) is 20.1. The predicted octanol–water partition coefficient (Wildman–Crippen LogP) is 4.51. The lowest BCUT2D eigenvalue weighted by atomic mass is 9.99. The van der Waals surface area contributed by atoms with E-state index >= 15 is 0 Å². The molecule has 0 bridgehead atoms. The number of benzene rings is 2. The minimum atomic E-state index is -0.572. The molecule has 0 amide bonds. The van der Waals surface area contributed by atoms with Gasteiger partial charge in [0.2, 0.25) is 5.78 Å². The molecule has 120 valence electrons.